The summed E-state index contributed by atoms with van der Waals surface area (Å²) in [5.41, 5.74) is 0.352. The lowest BCUT2D eigenvalue weighted by Crippen LogP contribution is -2.24. The number of amides is 1. The monoisotopic (exact) mass is 334 g/mol. The summed E-state index contributed by atoms with van der Waals surface area (Å²) >= 11 is 0. The molecule has 0 saturated carbocycles. The topological polar surface area (TPSA) is 104 Å². The van der Waals surface area contributed by atoms with Gasteiger partial charge in [0.1, 0.15) is 17.1 Å². The molecule has 8 nitrogen and oxygen atoms in total. The van der Waals surface area contributed by atoms with Crippen LogP contribution in [0.1, 0.15) is 27.4 Å². The molecule has 0 saturated heterocycles. The van der Waals surface area contributed by atoms with E-state index in [-0.39, 0.29) is 29.3 Å². The number of hydrogen-bond donors (Lipinski definition) is 1. The molecule has 1 heterocycles. The fourth-order valence-corrected chi connectivity index (χ4v) is 2.33. The molecular weight excluding hydrogens is 316 g/mol. The Labute approximate surface area is 138 Å². The van der Waals surface area contributed by atoms with Gasteiger partial charge >= 0.3 is 0 Å². The molecule has 24 heavy (non-hydrogen) atoms. The number of nitrogens with zero attached hydrogens (tertiary/aromatic N) is 1. The number of hydrogen-bond acceptors (Lipinski definition) is 6. The lowest BCUT2D eigenvalue weighted by Gasteiger charge is -2.10. The van der Waals surface area contributed by atoms with Crippen LogP contribution in [0.4, 0.5) is 5.69 Å². The summed E-state index contributed by atoms with van der Waals surface area (Å²) in [6.07, 6.45) is 0. The molecular formula is C16H18N2O6. The van der Waals surface area contributed by atoms with E-state index in [1.54, 1.807) is 19.9 Å². The van der Waals surface area contributed by atoms with E-state index in [1.807, 2.05) is 0 Å². The summed E-state index contributed by atoms with van der Waals surface area (Å²) < 4.78 is 15.5. The van der Waals surface area contributed by atoms with Crippen LogP contribution in [-0.4, -0.2) is 25.1 Å². The lowest BCUT2D eigenvalue weighted by molar-refractivity contribution is -0.385. The van der Waals surface area contributed by atoms with E-state index in [0.29, 0.717) is 5.76 Å². The van der Waals surface area contributed by atoms with Gasteiger partial charge in [0.15, 0.2) is 11.5 Å². The molecule has 1 aromatic carbocycles. The molecule has 0 atom stereocenters. The average Bonchev–Trinajstić information content (AvgIpc) is 2.88. The first-order valence-corrected chi connectivity index (χ1v) is 7.12. The van der Waals surface area contributed by atoms with Gasteiger partial charge in [0.2, 0.25) is 0 Å². The first-order chi connectivity index (χ1) is 11.4. The summed E-state index contributed by atoms with van der Waals surface area (Å²) in [7, 11) is 2.76. The summed E-state index contributed by atoms with van der Waals surface area (Å²) in [6, 6.07) is 4.26. The normalized spacial score (nSPS) is 10.3. The van der Waals surface area contributed by atoms with Crippen LogP contribution in [0.15, 0.2) is 22.6 Å². The number of ether oxygens (including phenoxy) is 2. The van der Waals surface area contributed by atoms with Gasteiger partial charge in [-0.3, -0.25) is 14.9 Å². The van der Waals surface area contributed by atoms with E-state index in [1.165, 1.54) is 26.4 Å². The number of aryl methyl sites for hydroxylation is 2. The molecule has 1 N–H and O–H groups in total. The van der Waals surface area contributed by atoms with Crippen LogP contribution in [-0.2, 0) is 6.54 Å². The predicted octanol–water partition coefficient (Wildman–Crippen LogP) is 2.75. The first-order valence-electron chi connectivity index (χ1n) is 7.12. The van der Waals surface area contributed by atoms with E-state index in [2.05, 4.69) is 5.32 Å². The molecule has 2 aromatic rings. The highest BCUT2D eigenvalue weighted by Crippen LogP contribution is 2.34. The third-order valence-electron chi connectivity index (χ3n) is 3.53. The Balaban J connectivity index is 2.30. The summed E-state index contributed by atoms with van der Waals surface area (Å²) in [4.78, 5) is 23.0. The Bertz CT molecular complexity index is 781. The molecule has 1 amide bonds. The van der Waals surface area contributed by atoms with Crippen molar-refractivity contribution in [1.29, 1.82) is 0 Å². The Hall–Kier alpha value is -3.03. The third kappa shape index (κ3) is 3.48. The van der Waals surface area contributed by atoms with Crippen LogP contribution in [0.5, 0.6) is 11.5 Å². The quantitative estimate of drug-likeness (QED) is 0.643. The molecule has 0 spiro atoms. The van der Waals surface area contributed by atoms with Crippen molar-refractivity contribution in [3.8, 4) is 11.5 Å². The minimum atomic E-state index is -0.635. The summed E-state index contributed by atoms with van der Waals surface area (Å²) in [5, 5.41) is 13.9. The van der Waals surface area contributed by atoms with E-state index in [4.69, 9.17) is 13.9 Å². The second-order valence-electron chi connectivity index (χ2n) is 5.10. The van der Waals surface area contributed by atoms with E-state index < -0.39 is 10.8 Å². The molecule has 1 aromatic heterocycles. The highest BCUT2D eigenvalue weighted by molar-refractivity contribution is 5.99. The van der Waals surface area contributed by atoms with Crippen LogP contribution in [0.25, 0.3) is 0 Å². The van der Waals surface area contributed by atoms with Crippen molar-refractivity contribution in [2.75, 3.05) is 14.2 Å². The first kappa shape index (κ1) is 17.3. The molecule has 128 valence electrons. The zero-order valence-electron chi connectivity index (χ0n) is 13.8. The van der Waals surface area contributed by atoms with Crippen molar-refractivity contribution in [3.05, 3.63) is 51.0 Å². The molecule has 0 aliphatic carbocycles. The number of nitrogens with one attached hydrogen (secondary N) is 1. The minimum absolute atomic E-state index is 0.101. The van der Waals surface area contributed by atoms with Crippen molar-refractivity contribution in [2.24, 2.45) is 0 Å². The van der Waals surface area contributed by atoms with E-state index >= 15 is 0 Å². The van der Waals surface area contributed by atoms with Gasteiger partial charge in [0.25, 0.3) is 11.6 Å². The standard InChI is InChI=1S/C16H18N2O6/c1-9-5-11(10(2)24-9)8-17-16(19)12-6-14(22-3)15(23-4)7-13(12)18(20)21/h5-7H,8H2,1-4H3,(H,17,19). The number of benzene rings is 1. The van der Waals surface area contributed by atoms with Crippen molar-refractivity contribution in [2.45, 2.75) is 20.4 Å². The van der Waals surface area contributed by atoms with Crippen LogP contribution in [0, 0.1) is 24.0 Å². The Kier molecular flexibility index (Phi) is 5.08. The van der Waals surface area contributed by atoms with Gasteiger partial charge < -0.3 is 19.2 Å². The zero-order chi connectivity index (χ0) is 17.9. The second kappa shape index (κ2) is 7.03. The fourth-order valence-electron chi connectivity index (χ4n) is 2.33. The van der Waals surface area contributed by atoms with Crippen molar-refractivity contribution in [3.63, 3.8) is 0 Å². The predicted molar refractivity (Wildman–Crippen MR) is 85.6 cm³/mol. The largest absolute Gasteiger partial charge is 0.493 e. The van der Waals surface area contributed by atoms with Crippen molar-refractivity contribution >= 4 is 11.6 Å². The molecule has 0 aliphatic rings. The molecule has 0 unspecified atom stereocenters. The summed E-state index contributed by atoms with van der Waals surface area (Å²) in [6.45, 7) is 3.79. The Morgan fingerprint density at radius 2 is 1.83 bits per heavy atom. The number of nitro benzene ring substituents is 1. The van der Waals surface area contributed by atoms with E-state index in [9.17, 15) is 14.9 Å². The number of methoxy groups -OCH3 is 2. The molecule has 0 aliphatic heterocycles. The zero-order valence-corrected chi connectivity index (χ0v) is 13.8. The Morgan fingerprint density at radius 1 is 1.21 bits per heavy atom. The second-order valence-corrected chi connectivity index (χ2v) is 5.10. The number of carbonyl (C=O) groups excluding carboxylic acids is 1. The average molecular weight is 334 g/mol. The SMILES string of the molecule is COc1cc(C(=O)NCc2cc(C)oc2C)c([N+](=O)[O-])cc1OC. The number of nitro groups is 1. The van der Waals surface area contributed by atoms with Crippen molar-refractivity contribution < 1.29 is 23.6 Å². The molecule has 0 bridgehead atoms. The smallest absolute Gasteiger partial charge is 0.286 e. The van der Waals surface area contributed by atoms with Crippen molar-refractivity contribution in [1.82, 2.24) is 5.32 Å². The lowest BCUT2D eigenvalue weighted by atomic mass is 10.1. The highest BCUT2D eigenvalue weighted by atomic mass is 16.6. The Morgan fingerprint density at radius 3 is 2.33 bits per heavy atom. The maximum absolute atomic E-state index is 12.4. The molecule has 8 heteroatoms. The molecule has 0 fully saturated rings. The molecule has 2 rings (SSSR count). The van der Waals surface area contributed by atoms with Gasteiger partial charge in [0.05, 0.1) is 25.2 Å². The van der Waals surface area contributed by atoms with Crippen LogP contribution < -0.4 is 14.8 Å². The summed E-state index contributed by atoms with van der Waals surface area (Å²) in [5.74, 6) is 1.26. The van der Waals surface area contributed by atoms with Crippen LogP contribution in [0.3, 0.4) is 0 Å². The van der Waals surface area contributed by atoms with E-state index in [0.717, 1.165) is 11.3 Å². The third-order valence-corrected chi connectivity index (χ3v) is 3.53. The van der Waals surface area contributed by atoms with Gasteiger partial charge in [-0.1, -0.05) is 0 Å². The number of rotatable bonds is 6. The van der Waals surface area contributed by atoms with Gasteiger partial charge in [0, 0.05) is 18.2 Å². The van der Waals surface area contributed by atoms with Gasteiger partial charge in [-0.05, 0) is 19.9 Å². The van der Waals surface area contributed by atoms with Gasteiger partial charge in [-0.2, -0.15) is 0 Å². The number of carbonyl (C=O) groups is 1. The van der Waals surface area contributed by atoms with Gasteiger partial charge in [-0.25, -0.2) is 0 Å². The highest BCUT2D eigenvalue weighted by Gasteiger charge is 2.24. The number of furan rings is 1. The van der Waals surface area contributed by atoms with Gasteiger partial charge in [-0.15, -0.1) is 0 Å². The van der Waals surface area contributed by atoms with Crippen LogP contribution >= 0.6 is 0 Å². The maximum atomic E-state index is 12.4. The van der Waals surface area contributed by atoms with Crippen LogP contribution in [0.2, 0.25) is 0 Å². The fraction of sp³-hybridized carbons (Fsp3) is 0.312. The maximum Gasteiger partial charge on any atom is 0.286 e. The minimum Gasteiger partial charge on any atom is -0.493 e. The molecule has 0 radical (unpaired) electrons.